The summed E-state index contributed by atoms with van der Waals surface area (Å²) in [6, 6.07) is 1.71. The molecule has 0 saturated carbocycles. The van der Waals surface area contributed by atoms with Crippen LogP contribution < -0.4 is 5.32 Å². The quantitative estimate of drug-likeness (QED) is 0.355. The third-order valence-electron chi connectivity index (χ3n) is 0.459. The van der Waals surface area contributed by atoms with Crippen LogP contribution in [0.2, 0.25) is 0 Å². The molecule has 40 valence electrons. The lowest BCUT2D eigenvalue weighted by Gasteiger charge is -1.86. The molecule has 0 aliphatic carbocycles. The highest BCUT2D eigenvalue weighted by Crippen LogP contribution is 1.56. The summed E-state index contributed by atoms with van der Waals surface area (Å²) in [7, 11) is 0. The van der Waals surface area contributed by atoms with E-state index >= 15 is 0 Å². The molecule has 0 aromatic rings. The van der Waals surface area contributed by atoms with Crippen LogP contribution in [-0.2, 0) is 4.79 Å². The minimum atomic E-state index is -0.549. The first-order valence-electron chi connectivity index (χ1n) is 1.92. The maximum absolute atomic E-state index is 10.1. The average Bonchev–Trinajstić information content (AvgIpc) is 1.83. The van der Waals surface area contributed by atoms with Crippen molar-refractivity contribution in [3.05, 3.63) is 0 Å². The lowest BCUT2D eigenvalue weighted by atomic mass is 10.6. The van der Waals surface area contributed by atoms with Gasteiger partial charge in [0.05, 0.1) is 6.07 Å². The summed E-state index contributed by atoms with van der Waals surface area (Å²) in [5, 5.41) is 10.0. The zero-order valence-electron chi connectivity index (χ0n) is 4.14. The Bertz CT molecular complexity index is 160. The number of hydrogen-bond acceptors (Lipinski definition) is 2. The van der Waals surface area contributed by atoms with Gasteiger partial charge in [0.25, 0.3) is 5.91 Å². The van der Waals surface area contributed by atoms with Crippen LogP contribution in [0.25, 0.3) is 0 Å². The van der Waals surface area contributed by atoms with Crippen LogP contribution in [0, 0.1) is 23.7 Å². The molecule has 0 aromatic heterocycles. The van der Waals surface area contributed by atoms with Crippen molar-refractivity contribution in [2.45, 2.75) is 0 Å². The van der Waals surface area contributed by atoms with Gasteiger partial charge in [0.2, 0.25) is 0 Å². The third kappa shape index (κ3) is 2.74. The topological polar surface area (TPSA) is 52.9 Å². The van der Waals surface area contributed by atoms with Gasteiger partial charge in [-0.05, 0) is 5.92 Å². The van der Waals surface area contributed by atoms with Gasteiger partial charge in [-0.2, -0.15) is 5.26 Å². The first kappa shape index (κ1) is 6.52. The van der Waals surface area contributed by atoms with Crippen molar-refractivity contribution in [1.29, 1.82) is 5.26 Å². The van der Waals surface area contributed by atoms with E-state index in [-0.39, 0.29) is 6.54 Å². The molecule has 0 rings (SSSR count). The van der Waals surface area contributed by atoms with Gasteiger partial charge < -0.3 is 5.32 Å². The Balaban J connectivity index is 3.33. The Kier molecular flexibility index (Phi) is 3.02. The molecule has 0 bridgehead atoms. The predicted molar refractivity (Wildman–Crippen MR) is 27.5 cm³/mol. The number of carbonyl (C=O) groups is 1. The zero-order chi connectivity index (χ0) is 6.41. The first-order chi connectivity index (χ1) is 3.81. The Morgan fingerprint density at radius 1 is 1.88 bits per heavy atom. The number of nitriles is 1. The summed E-state index contributed by atoms with van der Waals surface area (Å²) in [6.07, 6.45) is 4.64. The Hall–Kier alpha value is -1.48. The van der Waals surface area contributed by atoms with Crippen LogP contribution in [0.15, 0.2) is 0 Å². The standard InChI is InChI=1S/C5H4N2O/c1-2-5(8)7-4-3-6/h1H,4H2,(H,7,8). The predicted octanol–water partition coefficient (Wildman–Crippen LogP) is -0.741. The second kappa shape index (κ2) is 3.70. The van der Waals surface area contributed by atoms with E-state index in [1.54, 1.807) is 12.0 Å². The number of carbonyl (C=O) groups excluding carboxylic acids is 1. The highest BCUT2D eigenvalue weighted by molar-refractivity contribution is 5.92. The molecule has 0 saturated heterocycles. The van der Waals surface area contributed by atoms with Crippen LogP contribution in [0.4, 0.5) is 0 Å². The largest absolute Gasteiger partial charge is 0.332 e. The van der Waals surface area contributed by atoms with Crippen molar-refractivity contribution in [2.24, 2.45) is 0 Å². The lowest BCUT2D eigenvalue weighted by molar-refractivity contribution is -0.115. The minimum absolute atomic E-state index is 0.0248. The monoisotopic (exact) mass is 108 g/mol. The van der Waals surface area contributed by atoms with Crippen molar-refractivity contribution >= 4 is 5.91 Å². The maximum Gasteiger partial charge on any atom is 0.296 e. The van der Waals surface area contributed by atoms with E-state index in [1.807, 2.05) is 0 Å². The first-order valence-corrected chi connectivity index (χ1v) is 1.92. The van der Waals surface area contributed by atoms with Crippen molar-refractivity contribution < 1.29 is 4.79 Å². The van der Waals surface area contributed by atoms with Crippen molar-refractivity contribution in [2.75, 3.05) is 6.54 Å². The van der Waals surface area contributed by atoms with Crippen molar-refractivity contribution in [3.8, 4) is 18.4 Å². The number of hydrogen-bond donors (Lipinski definition) is 1. The summed E-state index contributed by atoms with van der Waals surface area (Å²) in [5.74, 6) is 1.25. The van der Waals surface area contributed by atoms with E-state index in [0.29, 0.717) is 0 Å². The fraction of sp³-hybridized carbons (Fsp3) is 0.200. The van der Waals surface area contributed by atoms with Gasteiger partial charge in [-0.25, -0.2) is 0 Å². The molecule has 1 amide bonds. The number of nitrogens with zero attached hydrogens (tertiary/aromatic N) is 1. The number of amides is 1. The molecule has 0 aromatic carbocycles. The third-order valence-corrected chi connectivity index (χ3v) is 0.459. The van der Waals surface area contributed by atoms with Gasteiger partial charge in [0, 0.05) is 0 Å². The van der Waals surface area contributed by atoms with Crippen LogP contribution in [0.3, 0.4) is 0 Å². The van der Waals surface area contributed by atoms with Gasteiger partial charge in [-0.1, -0.05) is 0 Å². The molecule has 0 spiro atoms. The average molecular weight is 108 g/mol. The molecule has 3 nitrogen and oxygen atoms in total. The molecule has 8 heavy (non-hydrogen) atoms. The van der Waals surface area contributed by atoms with E-state index in [2.05, 4.69) is 11.7 Å². The highest BCUT2D eigenvalue weighted by Gasteiger charge is 1.87. The van der Waals surface area contributed by atoms with Crippen molar-refractivity contribution in [3.63, 3.8) is 0 Å². The molecule has 0 atom stereocenters. The fourth-order valence-electron chi connectivity index (χ4n) is 0.171. The van der Waals surface area contributed by atoms with E-state index in [4.69, 9.17) is 5.26 Å². The van der Waals surface area contributed by atoms with Crippen LogP contribution in [-0.4, -0.2) is 12.5 Å². The van der Waals surface area contributed by atoms with Crippen LogP contribution >= 0.6 is 0 Å². The normalized spacial score (nSPS) is 6.25. The molecule has 3 heteroatoms. The number of nitrogens with one attached hydrogen (secondary N) is 1. The second-order valence-electron chi connectivity index (χ2n) is 0.985. The SMILES string of the molecule is C#CC(=O)NCC#N. The van der Waals surface area contributed by atoms with E-state index < -0.39 is 5.91 Å². The van der Waals surface area contributed by atoms with Gasteiger partial charge in [0.1, 0.15) is 6.54 Å². The molecule has 0 aliphatic rings. The van der Waals surface area contributed by atoms with E-state index in [1.165, 1.54) is 0 Å². The van der Waals surface area contributed by atoms with Crippen LogP contribution in [0.1, 0.15) is 0 Å². The number of rotatable bonds is 1. The molecule has 0 aliphatic heterocycles. The number of terminal acetylenes is 1. The summed E-state index contributed by atoms with van der Waals surface area (Å²) >= 11 is 0. The molecule has 0 fully saturated rings. The highest BCUT2D eigenvalue weighted by atomic mass is 16.1. The molecular weight excluding hydrogens is 104 g/mol. The summed E-state index contributed by atoms with van der Waals surface area (Å²) in [6.45, 7) is -0.0248. The van der Waals surface area contributed by atoms with E-state index in [9.17, 15) is 4.79 Å². The Morgan fingerprint density at radius 3 is 2.88 bits per heavy atom. The Labute approximate surface area is 47.3 Å². The van der Waals surface area contributed by atoms with Crippen molar-refractivity contribution in [1.82, 2.24) is 5.32 Å². The lowest BCUT2D eigenvalue weighted by Crippen LogP contribution is -2.20. The molecular formula is C5H4N2O. The van der Waals surface area contributed by atoms with Gasteiger partial charge in [-0.15, -0.1) is 6.42 Å². The molecule has 1 N–H and O–H groups in total. The summed E-state index contributed by atoms with van der Waals surface area (Å²) in [4.78, 5) is 10.1. The Morgan fingerprint density at radius 2 is 2.50 bits per heavy atom. The molecule has 0 radical (unpaired) electrons. The molecule has 0 heterocycles. The van der Waals surface area contributed by atoms with Crippen LogP contribution in [0.5, 0.6) is 0 Å². The second-order valence-corrected chi connectivity index (χ2v) is 0.985. The summed E-state index contributed by atoms with van der Waals surface area (Å²) in [5.41, 5.74) is 0. The minimum Gasteiger partial charge on any atom is -0.332 e. The van der Waals surface area contributed by atoms with E-state index in [0.717, 1.165) is 0 Å². The smallest absolute Gasteiger partial charge is 0.296 e. The molecule has 0 unspecified atom stereocenters. The summed E-state index contributed by atoms with van der Waals surface area (Å²) < 4.78 is 0. The van der Waals surface area contributed by atoms with Gasteiger partial charge in [-0.3, -0.25) is 4.79 Å². The van der Waals surface area contributed by atoms with Gasteiger partial charge >= 0.3 is 0 Å². The maximum atomic E-state index is 10.1. The zero-order valence-corrected chi connectivity index (χ0v) is 4.14. The van der Waals surface area contributed by atoms with Gasteiger partial charge in [0.15, 0.2) is 0 Å². The fourth-order valence-corrected chi connectivity index (χ4v) is 0.171.